The molecule has 3 nitrogen and oxygen atoms in total. The van der Waals surface area contributed by atoms with Gasteiger partial charge in [-0.25, -0.2) is 0 Å². The Hall–Kier alpha value is -2.17. The van der Waals surface area contributed by atoms with Crippen molar-refractivity contribution in [2.45, 2.75) is 5.51 Å². The van der Waals surface area contributed by atoms with Crippen LogP contribution in [0.25, 0.3) is 21.5 Å². The van der Waals surface area contributed by atoms with Crippen molar-refractivity contribution in [1.82, 2.24) is 0 Å². The number of halogens is 4. The molecule has 29 heavy (non-hydrogen) atoms. The molecule has 0 bridgehead atoms. The fourth-order valence-electron chi connectivity index (χ4n) is 2.97. The minimum atomic E-state index is -5.76. The van der Waals surface area contributed by atoms with Crippen LogP contribution >= 0.6 is 20.2 Å². The van der Waals surface area contributed by atoms with E-state index in [-0.39, 0.29) is 0 Å². The third-order valence-corrected chi connectivity index (χ3v) is 11.6. The Morgan fingerprint density at radius 1 is 0.655 bits per heavy atom. The van der Waals surface area contributed by atoms with Crippen LogP contribution in [0.4, 0.5) is 13.2 Å². The topological polar surface area (TPSA) is 43.4 Å². The number of fused-ring (bicyclic) bond motifs is 2. The summed E-state index contributed by atoms with van der Waals surface area (Å²) in [5.41, 5.74) is -5.49. The summed E-state index contributed by atoms with van der Waals surface area (Å²) in [7, 11) is -5.76. The van der Waals surface area contributed by atoms with Gasteiger partial charge in [0.1, 0.15) is 0 Å². The van der Waals surface area contributed by atoms with Gasteiger partial charge in [-0.05, 0) is 0 Å². The fourth-order valence-corrected chi connectivity index (χ4v) is 10.3. The molecule has 4 aromatic carbocycles. The van der Waals surface area contributed by atoms with Gasteiger partial charge in [0.05, 0.1) is 0 Å². The number of alkyl halides is 3. The van der Waals surface area contributed by atoms with Gasteiger partial charge in [-0.2, -0.15) is 0 Å². The molecule has 0 fully saturated rings. The number of rotatable bonds is 4. The van der Waals surface area contributed by atoms with E-state index >= 15 is 0 Å². The minimum absolute atomic E-state index is 0.497. The number of hydrogen-bond acceptors (Lipinski definition) is 3. The van der Waals surface area contributed by atoms with Crippen LogP contribution in [0.2, 0.25) is 0 Å². The van der Waals surface area contributed by atoms with Crippen LogP contribution in [0.5, 0.6) is 0 Å². The molecule has 0 heterocycles. The van der Waals surface area contributed by atoms with E-state index in [1.165, 1.54) is 0 Å². The predicted molar refractivity (Wildman–Crippen MR) is 115 cm³/mol. The molecule has 0 N–H and O–H groups in total. The summed E-state index contributed by atoms with van der Waals surface area (Å²) >= 11 is -3.52. The molecule has 0 saturated heterocycles. The Bertz CT molecular complexity index is 1210. The summed E-state index contributed by atoms with van der Waals surface area (Å²) in [6, 6.07) is 24.7. The van der Waals surface area contributed by atoms with E-state index in [4.69, 9.17) is 2.51 Å². The summed E-state index contributed by atoms with van der Waals surface area (Å²) in [6.45, 7) is 0. The van der Waals surface area contributed by atoms with Gasteiger partial charge in [0.15, 0.2) is 0 Å². The SMILES string of the molecule is O=S(=O)(OI(c1cccc2ccccc12)c1cccc2ccccc12)C(F)(F)F. The number of hydrogen-bond donors (Lipinski definition) is 0. The standard InChI is InChI=1S/C21H14F3IO3S/c22-21(23,24)29(26,27)28-25(19-13-5-9-15-7-1-3-11-17(15)19)20-14-6-10-16-8-2-4-12-18(16)20/h1-14H. The van der Waals surface area contributed by atoms with Crippen molar-refractivity contribution in [1.29, 1.82) is 0 Å². The third-order valence-electron chi connectivity index (χ3n) is 4.27. The van der Waals surface area contributed by atoms with Crippen molar-refractivity contribution in [3.63, 3.8) is 0 Å². The zero-order valence-corrected chi connectivity index (χ0v) is 17.7. The van der Waals surface area contributed by atoms with Gasteiger partial charge in [0, 0.05) is 0 Å². The van der Waals surface area contributed by atoms with Crippen molar-refractivity contribution >= 4 is 51.9 Å². The first-order chi connectivity index (χ1) is 13.8. The van der Waals surface area contributed by atoms with Gasteiger partial charge >= 0.3 is 174 Å². The molecule has 0 aromatic heterocycles. The molecule has 150 valence electrons. The van der Waals surface area contributed by atoms with Crippen molar-refractivity contribution in [2.75, 3.05) is 0 Å². The van der Waals surface area contributed by atoms with Crippen LogP contribution < -0.4 is 0 Å². The Morgan fingerprint density at radius 3 is 1.52 bits per heavy atom. The first kappa shape index (κ1) is 20.1. The molecule has 0 amide bonds. The second-order valence-electron chi connectivity index (χ2n) is 6.13. The van der Waals surface area contributed by atoms with Crippen LogP contribution in [-0.4, -0.2) is 13.9 Å². The maximum atomic E-state index is 13.2. The van der Waals surface area contributed by atoms with E-state index in [2.05, 4.69) is 0 Å². The molecule has 4 aromatic rings. The summed E-state index contributed by atoms with van der Waals surface area (Å²) in [5.74, 6) is 0. The van der Waals surface area contributed by atoms with Crippen LogP contribution in [0, 0.1) is 7.14 Å². The van der Waals surface area contributed by atoms with Crippen LogP contribution in [-0.2, 0) is 12.6 Å². The molecular formula is C21H14F3IO3S. The summed E-state index contributed by atoms with van der Waals surface area (Å²) in [5, 5.41) is 2.98. The summed E-state index contributed by atoms with van der Waals surface area (Å²) < 4.78 is 69.4. The maximum absolute atomic E-state index is 13.2. The van der Waals surface area contributed by atoms with Gasteiger partial charge in [-0.15, -0.1) is 0 Å². The van der Waals surface area contributed by atoms with Crippen molar-refractivity contribution in [2.24, 2.45) is 0 Å². The molecule has 0 spiro atoms. The molecule has 8 heteroatoms. The molecule has 0 aliphatic rings. The molecule has 0 unspecified atom stereocenters. The van der Waals surface area contributed by atoms with E-state index in [1.54, 1.807) is 48.5 Å². The second kappa shape index (κ2) is 7.58. The molecule has 0 atom stereocenters. The van der Waals surface area contributed by atoms with E-state index in [0.29, 0.717) is 17.9 Å². The van der Waals surface area contributed by atoms with E-state index in [0.717, 1.165) is 10.8 Å². The first-order valence-corrected chi connectivity index (χ1v) is 12.9. The predicted octanol–water partition coefficient (Wildman–Crippen LogP) is 6.32. The van der Waals surface area contributed by atoms with Gasteiger partial charge < -0.3 is 0 Å². The van der Waals surface area contributed by atoms with Gasteiger partial charge in [-0.1, -0.05) is 0 Å². The van der Waals surface area contributed by atoms with Crippen LogP contribution in [0.3, 0.4) is 0 Å². The third kappa shape index (κ3) is 3.84. The van der Waals surface area contributed by atoms with E-state index in [1.807, 2.05) is 36.4 Å². The van der Waals surface area contributed by atoms with E-state index < -0.39 is 35.9 Å². The van der Waals surface area contributed by atoms with Crippen molar-refractivity contribution < 1.29 is 24.1 Å². The zero-order valence-electron chi connectivity index (χ0n) is 14.7. The van der Waals surface area contributed by atoms with Gasteiger partial charge in [-0.3, -0.25) is 0 Å². The van der Waals surface area contributed by atoms with Gasteiger partial charge in [0.2, 0.25) is 0 Å². The Kier molecular flexibility index (Phi) is 5.26. The van der Waals surface area contributed by atoms with Crippen LogP contribution in [0.15, 0.2) is 84.9 Å². The Balaban J connectivity index is 2.00. The van der Waals surface area contributed by atoms with Crippen LogP contribution in [0.1, 0.15) is 0 Å². The molecule has 4 rings (SSSR count). The van der Waals surface area contributed by atoms with Gasteiger partial charge in [0.25, 0.3) is 0 Å². The molecule has 0 radical (unpaired) electrons. The average Bonchev–Trinajstić information content (AvgIpc) is 2.70. The Labute approximate surface area is 173 Å². The summed E-state index contributed by atoms with van der Waals surface area (Å²) in [4.78, 5) is 0. The molecular weight excluding hydrogens is 516 g/mol. The molecule has 0 aliphatic heterocycles. The molecule has 0 saturated carbocycles. The first-order valence-electron chi connectivity index (χ1n) is 8.45. The monoisotopic (exact) mass is 530 g/mol. The fraction of sp³-hybridized carbons (Fsp3) is 0.0476. The quantitative estimate of drug-likeness (QED) is 0.229. The zero-order chi connectivity index (χ0) is 20.6. The molecule has 0 aliphatic carbocycles. The van der Waals surface area contributed by atoms with Crippen molar-refractivity contribution in [3.8, 4) is 0 Å². The normalized spacial score (nSPS) is 13.0. The van der Waals surface area contributed by atoms with E-state index in [9.17, 15) is 21.6 Å². The Morgan fingerprint density at radius 2 is 1.07 bits per heavy atom. The second-order valence-corrected chi connectivity index (χ2v) is 12.5. The summed E-state index contributed by atoms with van der Waals surface area (Å²) in [6.07, 6.45) is 0. The number of benzene rings is 4. The van der Waals surface area contributed by atoms with Crippen molar-refractivity contribution in [3.05, 3.63) is 92.1 Å². The average molecular weight is 530 g/mol.